The van der Waals surface area contributed by atoms with Gasteiger partial charge in [0, 0.05) is 23.6 Å². The molecule has 0 saturated heterocycles. The van der Waals surface area contributed by atoms with Crippen LogP contribution in [0.1, 0.15) is 64.5 Å². The number of hydrogen-bond donors (Lipinski definition) is 2. The van der Waals surface area contributed by atoms with Crippen molar-refractivity contribution in [3.8, 4) is 11.5 Å². The Balaban J connectivity index is 1.46. The Morgan fingerprint density at radius 2 is 1.08 bits per heavy atom. The molecule has 6 aliphatic carbocycles. The predicted molar refractivity (Wildman–Crippen MR) is 155 cm³/mol. The molecule has 2 fully saturated rings. The SMILES string of the molecule is CC1(C)[C@H]2CC=C([C@H](N=Cc3ccccc3O)[C@@H](N=Cc3ccccc3O)C3=CC[C@H]4C[C@@H]3C4(C)C)[C@@H]1C2. The number of hydrogen-bond acceptors (Lipinski definition) is 4. The molecule has 0 aromatic heterocycles. The van der Waals surface area contributed by atoms with Gasteiger partial charge in [0.15, 0.2) is 0 Å². The number of rotatable bonds is 7. The van der Waals surface area contributed by atoms with Crippen LogP contribution in [0, 0.1) is 34.5 Å². The Morgan fingerprint density at radius 1 is 0.684 bits per heavy atom. The third-order valence-electron chi connectivity index (χ3n) is 10.6. The third kappa shape index (κ3) is 4.04. The van der Waals surface area contributed by atoms with Crippen LogP contribution in [-0.2, 0) is 0 Å². The fraction of sp³-hybridized carbons (Fsp3) is 0.471. The molecule has 6 atom stereocenters. The summed E-state index contributed by atoms with van der Waals surface area (Å²) in [5.74, 6) is 2.94. The molecule has 4 bridgehead atoms. The highest BCUT2D eigenvalue weighted by molar-refractivity contribution is 5.84. The van der Waals surface area contributed by atoms with E-state index in [1.807, 2.05) is 48.8 Å². The van der Waals surface area contributed by atoms with Crippen molar-refractivity contribution < 1.29 is 10.2 Å². The average molecular weight is 509 g/mol. The first kappa shape index (κ1) is 25.2. The summed E-state index contributed by atoms with van der Waals surface area (Å²) in [5.41, 5.74) is 4.77. The van der Waals surface area contributed by atoms with Crippen LogP contribution >= 0.6 is 0 Å². The molecule has 2 saturated carbocycles. The fourth-order valence-corrected chi connectivity index (χ4v) is 7.67. The van der Waals surface area contributed by atoms with Crippen molar-refractivity contribution in [1.82, 2.24) is 0 Å². The van der Waals surface area contributed by atoms with Crippen molar-refractivity contribution in [2.24, 2.45) is 44.5 Å². The van der Waals surface area contributed by atoms with Crippen LogP contribution in [0.25, 0.3) is 0 Å². The average Bonchev–Trinajstić information content (AvgIpc) is 2.92. The van der Waals surface area contributed by atoms with E-state index in [1.165, 1.54) is 24.0 Å². The minimum atomic E-state index is -0.151. The van der Waals surface area contributed by atoms with Gasteiger partial charge in [-0.1, -0.05) is 64.1 Å². The number of allylic oxidation sites excluding steroid dienone is 2. The Morgan fingerprint density at radius 3 is 1.42 bits per heavy atom. The van der Waals surface area contributed by atoms with E-state index in [-0.39, 0.29) is 34.4 Å². The lowest BCUT2D eigenvalue weighted by Gasteiger charge is -2.59. The van der Waals surface area contributed by atoms with Gasteiger partial charge in [-0.25, -0.2) is 0 Å². The molecule has 38 heavy (non-hydrogen) atoms. The van der Waals surface area contributed by atoms with Crippen molar-refractivity contribution in [1.29, 1.82) is 0 Å². The van der Waals surface area contributed by atoms with Crippen LogP contribution in [-0.4, -0.2) is 34.7 Å². The van der Waals surface area contributed by atoms with Gasteiger partial charge in [-0.15, -0.1) is 0 Å². The van der Waals surface area contributed by atoms with Gasteiger partial charge in [0.25, 0.3) is 0 Å². The molecular formula is C34H40N2O2. The summed E-state index contributed by atoms with van der Waals surface area (Å²) in [7, 11) is 0. The van der Waals surface area contributed by atoms with Gasteiger partial charge in [0.05, 0.1) is 12.1 Å². The lowest BCUT2D eigenvalue weighted by Crippen LogP contribution is -2.53. The van der Waals surface area contributed by atoms with E-state index < -0.39 is 0 Å². The molecule has 0 amide bonds. The predicted octanol–water partition coefficient (Wildman–Crippen LogP) is 7.36. The minimum absolute atomic E-state index is 0.151. The maximum absolute atomic E-state index is 10.5. The van der Waals surface area contributed by atoms with Crippen molar-refractivity contribution in [3.63, 3.8) is 0 Å². The van der Waals surface area contributed by atoms with Gasteiger partial charge in [-0.2, -0.15) is 0 Å². The Labute approximate surface area is 226 Å². The first-order chi connectivity index (χ1) is 18.2. The second kappa shape index (κ2) is 9.25. The second-order valence-electron chi connectivity index (χ2n) is 13.1. The number of benzene rings is 2. The molecule has 4 heteroatoms. The quantitative estimate of drug-likeness (QED) is 0.303. The molecule has 0 radical (unpaired) electrons. The molecule has 198 valence electrons. The van der Waals surface area contributed by atoms with E-state index in [9.17, 15) is 10.2 Å². The summed E-state index contributed by atoms with van der Waals surface area (Å²) in [6.07, 6.45) is 13.2. The van der Waals surface area contributed by atoms with Gasteiger partial charge in [0.2, 0.25) is 0 Å². The maximum atomic E-state index is 10.5. The molecule has 8 rings (SSSR count). The standard InChI is InChI=1S/C34H40N2O2/c1-33(2)23-13-15-25(27(33)17-23)31(35-19-21-9-5-7-11-29(21)37)32(36-20-22-10-6-8-12-30(22)38)26-16-14-24-18-28(26)34(24,3)4/h5-12,15-16,19-20,23-24,27-28,31-32,37-38H,13-14,17-18H2,1-4H3/t23-,24-,27-,28-,31-,32-/m0/s1. The Bertz CT molecular complexity index is 1240. The molecule has 6 aliphatic rings. The molecule has 0 heterocycles. The number of aliphatic imine (C=N–C) groups is 2. The molecule has 2 N–H and O–H groups in total. The van der Waals surface area contributed by atoms with Gasteiger partial charge in [-0.3, -0.25) is 9.98 Å². The number of fused-ring (bicyclic) bond motifs is 2. The van der Waals surface area contributed by atoms with Crippen molar-refractivity contribution >= 4 is 12.4 Å². The van der Waals surface area contributed by atoms with Crippen LogP contribution in [0.3, 0.4) is 0 Å². The molecular weight excluding hydrogens is 468 g/mol. The topological polar surface area (TPSA) is 65.2 Å². The third-order valence-corrected chi connectivity index (χ3v) is 10.6. The summed E-state index contributed by atoms with van der Waals surface area (Å²) in [6.45, 7) is 9.62. The van der Waals surface area contributed by atoms with Crippen molar-refractivity contribution in [3.05, 3.63) is 83.0 Å². The first-order valence-corrected chi connectivity index (χ1v) is 14.2. The van der Waals surface area contributed by atoms with Gasteiger partial charge in [-0.05, 0) is 95.6 Å². The lowest BCUT2D eigenvalue weighted by molar-refractivity contribution is -0.0164. The summed E-state index contributed by atoms with van der Waals surface area (Å²) >= 11 is 0. The second-order valence-corrected chi connectivity index (χ2v) is 13.1. The Kier molecular flexibility index (Phi) is 6.13. The summed E-state index contributed by atoms with van der Waals surface area (Å²) in [6, 6.07) is 14.5. The number of para-hydroxylation sites is 2. The zero-order valence-electron chi connectivity index (χ0n) is 23.0. The number of nitrogens with zero attached hydrogens (tertiary/aromatic N) is 2. The lowest BCUT2D eigenvalue weighted by atomic mass is 9.46. The van der Waals surface area contributed by atoms with Crippen LogP contribution < -0.4 is 0 Å². The van der Waals surface area contributed by atoms with Gasteiger partial charge >= 0.3 is 0 Å². The maximum Gasteiger partial charge on any atom is 0.124 e. The first-order valence-electron chi connectivity index (χ1n) is 14.2. The normalized spacial score (nSPS) is 30.2. The highest BCUT2D eigenvalue weighted by Crippen LogP contribution is 2.63. The van der Waals surface area contributed by atoms with Crippen LogP contribution in [0.5, 0.6) is 11.5 Å². The largest absolute Gasteiger partial charge is 0.507 e. The zero-order valence-corrected chi connectivity index (χ0v) is 23.0. The van der Waals surface area contributed by atoms with Crippen LogP contribution in [0.4, 0.5) is 0 Å². The summed E-state index contributed by atoms with van der Waals surface area (Å²) < 4.78 is 0. The molecule has 0 spiro atoms. The molecule has 0 unspecified atom stereocenters. The van der Waals surface area contributed by atoms with Gasteiger partial charge < -0.3 is 10.2 Å². The number of phenols is 2. The zero-order chi connectivity index (χ0) is 26.7. The molecule has 2 aromatic rings. The fourth-order valence-electron chi connectivity index (χ4n) is 7.67. The van der Waals surface area contributed by atoms with Crippen molar-refractivity contribution in [2.45, 2.75) is 65.5 Å². The van der Waals surface area contributed by atoms with E-state index in [4.69, 9.17) is 9.98 Å². The van der Waals surface area contributed by atoms with E-state index in [1.54, 1.807) is 12.1 Å². The van der Waals surface area contributed by atoms with Crippen LogP contribution in [0.2, 0.25) is 0 Å². The van der Waals surface area contributed by atoms with Crippen LogP contribution in [0.15, 0.2) is 81.8 Å². The van der Waals surface area contributed by atoms with E-state index >= 15 is 0 Å². The number of phenolic OH excluding ortho intramolecular Hbond substituents is 2. The van der Waals surface area contributed by atoms with E-state index in [0.717, 1.165) is 35.8 Å². The summed E-state index contributed by atoms with van der Waals surface area (Å²) in [5, 5.41) is 21.0. The number of aromatic hydroxyl groups is 2. The van der Waals surface area contributed by atoms with E-state index in [0.29, 0.717) is 11.8 Å². The van der Waals surface area contributed by atoms with Crippen molar-refractivity contribution in [2.75, 3.05) is 0 Å². The van der Waals surface area contributed by atoms with E-state index in [2.05, 4.69) is 39.8 Å². The minimum Gasteiger partial charge on any atom is -0.507 e. The molecule has 0 aliphatic heterocycles. The summed E-state index contributed by atoms with van der Waals surface area (Å²) in [4.78, 5) is 10.5. The molecule has 4 nitrogen and oxygen atoms in total. The smallest absolute Gasteiger partial charge is 0.124 e. The Hall–Kier alpha value is -3.14. The monoisotopic (exact) mass is 508 g/mol. The van der Waals surface area contributed by atoms with Gasteiger partial charge in [0.1, 0.15) is 11.5 Å². The highest BCUT2D eigenvalue weighted by Gasteiger charge is 2.56. The highest BCUT2D eigenvalue weighted by atomic mass is 16.3. The molecule has 2 aromatic carbocycles.